The summed E-state index contributed by atoms with van der Waals surface area (Å²) >= 11 is 17.5. The van der Waals surface area contributed by atoms with E-state index < -0.39 is 18.5 Å². The summed E-state index contributed by atoms with van der Waals surface area (Å²) in [7, 11) is 0. The number of carbonyl (C=O) groups is 2. The number of nitrogen functional groups attached to an aromatic ring is 1. The number of rotatable bonds is 4. The van der Waals surface area contributed by atoms with Crippen molar-refractivity contribution < 1.29 is 14.3 Å². The molecule has 0 atom stereocenters. The molecule has 23 heavy (non-hydrogen) atoms. The van der Waals surface area contributed by atoms with E-state index in [2.05, 4.69) is 5.32 Å². The molecule has 0 aliphatic carbocycles. The lowest BCUT2D eigenvalue weighted by Gasteiger charge is -2.09. The highest BCUT2D eigenvalue weighted by Crippen LogP contribution is 2.28. The molecule has 3 N–H and O–H groups in total. The van der Waals surface area contributed by atoms with E-state index in [0.717, 1.165) is 0 Å². The van der Waals surface area contributed by atoms with Crippen molar-refractivity contribution in [2.24, 2.45) is 0 Å². The zero-order chi connectivity index (χ0) is 17.0. The van der Waals surface area contributed by atoms with Crippen molar-refractivity contribution in [2.75, 3.05) is 17.7 Å². The Morgan fingerprint density at radius 2 is 1.83 bits per heavy atom. The highest BCUT2D eigenvalue weighted by molar-refractivity contribution is 6.37. The topological polar surface area (TPSA) is 81.4 Å². The summed E-state index contributed by atoms with van der Waals surface area (Å²) < 4.78 is 4.90. The summed E-state index contributed by atoms with van der Waals surface area (Å²) in [6.07, 6.45) is 0. The van der Waals surface area contributed by atoms with E-state index in [0.29, 0.717) is 10.7 Å². The van der Waals surface area contributed by atoms with Crippen LogP contribution in [0.2, 0.25) is 15.1 Å². The second-order valence-corrected chi connectivity index (χ2v) is 5.76. The van der Waals surface area contributed by atoms with Gasteiger partial charge < -0.3 is 15.8 Å². The van der Waals surface area contributed by atoms with Gasteiger partial charge in [0, 0.05) is 15.7 Å². The van der Waals surface area contributed by atoms with Gasteiger partial charge in [0.2, 0.25) is 0 Å². The van der Waals surface area contributed by atoms with Gasteiger partial charge in [0.15, 0.2) is 6.61 Å². The predicted octanol–water partition coefficient (Wildman–Crippen LogP) is 4.02. The third-order valence-electron chi connectivity index (χ3n) is 2.76. The minimum absolute atomic E-state index is 0.00180. The molecule has 2 aromatic rings. The fourth-order valence-corrected chi connectivity index (χ4v) is 2.41. The van der Waals surface area contributed by atoms with E-state index in [9.17, 15) is 9.59 Å². The number of anilines is 2. The number of benzene rings is 2. The maximum Gasteiger partial charge on any atom is 0.340 e. The smallest absolute Gasteiger partial charge is 0.340 e. The van der Waals surface area contributed by atoms with E-state index in [1.165, 1.54) is 12.1 Å². The average molecular weight is 374 g/mol. The van der Waals surface area contributed by atoms with E-state index >= 15 is 0 Å². The molecule has 0 bridgehead atoms. The number of hydrogen-bond donors (Lipinski definition) is 2. The molecular weight excluding hydrogens is 363 g/mol. The number of amides is 1. The van der Waals surface area contributed by atoms with Crippen LogP contribution in [0.3, 0.4) is 0 Å². The molecule has 2 aromatic carbocycles. The minimum Gasteiger partial charge on any atom is -0.452 e. The molecule has 0 radical (unpaired) electrons. The van der Waals surface area contributed by atoms with Crippen LogP contribution in [0.15, 0.2) is 36.4 Å². The standard InChI is InChI=1S/C15H11Cl3N2O3/c16-8-2-1-3-10(4-8)20-13(21)7-23-15(22)11-5-9(17)6-12(18)14(11)19/h1-6H,7,19H2,(H,20,21). The zero-order valence-electron chi connectivity index (χ0n) is 11.6. The Bertz CT molecular complexity index is 766. The Morgan fingerprint density at radius 1 is 1.09 bits per heavy atom. The van der Waals surface area contributed by atoms with Crippen LogP contribution in [-0.4, -0.2) is 18.5 Å². The molecule has 0 heterocycles. The molecule has 0 aromatic heterocycles. The third-order valence-corrected chi connectivity index (χ3v) is 3.52. The zero-order valence-corrected chi connectivity index (χ0v) is 13.9. The van der Waals surface area contributed by atoms with Crippen LogP contribution in [-0.2, 0) is 9.53 Å². The Kier molecular flexibility index (Phi) is 5.71. The first-order valence-electron chi connectivity index (χ1n) is 6.34. The van der Waals surface area contributed by atoms with Crippen molar-refractivity contribution in [3.8, 4) is 0 Å². The number of nitrogens with two attached hydrogens (primary N) is 1. The summed E-state index contributed by atoms with van der Waals surface area (Å²) in [6.45, 7) is -0.491. The van der Waals surface area contributed by atoms with Gasteiger partial charge in [-0.3, -0.25) is 4.79 Å². The van der Waals surface area contributed by atoms with Crippen molar-refractivity contribution in [3.05, 3.63) is 57.0 Å². The minimum atomic E-state index is -0.798. The van der Waals surface area contributed by atoms with Crippen LogP contribution >= 0.6 is 34.8 Å². The fourth-order valence-electron chi connectivity index (χ4n) is 1.73. The highest BCUT2D eigenvalue weighted by atomic mass is 35.5. The predicted molar refractivity (Wildman–Crippen MR) is 91.2 cm³/mol. The van der Waals surface area contributed by atoms with Gasteiger partial charge in [0.1, 0.15) is 0 Å². The van der Waals surface area contributed by atoms with Gasteiger partial charge in [0.05, 0.1) is 16.3 Å². The number of nitrogens with one attached hydrogen (secondary N) is 1. The first-order valence-corrected chi connectivity index (χ1v) is 7.47. The maximum atomic E-state index is 12.0. The molecule has 0 spiro atoms. The second kappa shape index (κ2) is 7.55. The first kappa shape index (κ1) is 17.4. The maximum absolute atomic E-state index is 12.0. The molecule has 0 fully saturated rings. The third kappa shape index (κ3) is 4.76. The SMILES string of the molecule is Nc1c(Cl)cc(Cl)cc1C(=O)OCC(=O)Nc1cccc(Cl)c1. The van der Waals surface area contributed by atoms with Gasteiger partial charge in [-0.05, 0) is 30.3 Å². The lowest BCUT2D eigenvalue weighted by Crippen LogP contribution is -2.21. The molecule has 5 nitrogen and oxygen atoms in total. The average Bonchev–Trinajstić information content (AvgIpc) is 2.48. The summed E-state index contributed by atoms with van der Waals surface area (Å²) in [6, 6.07) is 9.29. The molecule has 0 unspecified atom stereocenters. The van der Waals surface area contributed by atoms with E-state index in [1.54, 1.807) is 24.3 Å². The largest absolute Gasteiger partial charge is 0.452 e. The Labute approximate surface area is 147 Å². The van der Waals surface area contributed by atoms with E-state index in [-0.39, 0.29) is 21.3 Å². The van der Waals surface area contributed by atoms with Crippen LogP contribution in [0.1, 0.15) is 10.4 Å². The number of halogens is 3. The highest BCUT2D eigenvalue weighted by Gasteiger charge is 2.16. The molecule has 2 rings (SSSR count). The molecule has 0 saturated carbocycles. The van der Waals surface area contributed by atoms with E-state index in [1.807, 2.05) is 0 Å². The van der Waals surface area contributed by atoms with Gasteiger partial charge in [-0.25, -0.2) is 4.79 Å². The Balaban J connectivity index is 1.98. The summed E-state index contributed by atoms with van der Waals surface area (Å²) in [4.78, 5) is 23.7. The van der Waals surface area contributed by atoms with Gasteiger partial charge in [-0.2, -0.15) is 0 Å². The van der Waals surface area contributed by atoms with Crippen LogP contribution < -0.4 is 11.1 Å². The van der Waals surface area contributed by atoms with Gasteiger partial charge in [0.25, 0.3) is 5.91 Å². The number of carbonyl (C=O) groups excluding carboxylic acids is 2. The van der Waals surface area contributed by atoms with Crippen LogP contribution in [0.25, 0.3) is 0 Å². The number of esters is 1. The fraction of sp³-hybridized carbons (Fsp3) is 0.0667. The Hall–Kier alpha value is -1.95. The molecule has 8 heteroatoms. The summed E-state index contributed by atoms with van der Waals surface area (Å²) in [5.41, 5.74) is 6.22. The van der Waals surface area contributed by atoms with Crippen molar-refractivity contribution >= 4 is 58.1 Å². The van der Waals surface area contributed by atoms with Crippen molar-refractivity contribution in [3.63, 3.8) is 0 Å². The lowest BCUT2D eigenvalue weighted by atomic mass is 10.2. The van der Waals surface area contributed by atoms with Crippen molar-refractivity contribution in [1.29, 1.82) is 0 Å². The van der Waals surface area contributed by atoms with Gasteiger partial charge in [-0.1, -0.05) is 40.9 Å². The molecule has 0 aliphatic rings. The van der Waals surface area contributed by atoms with Crippen molar-refractivity contribution in [2.45, 2.75) is 0 Å². The molecule has 120 valence electrons. The quantitative estimate of drug-likeness (QED) is 0.626. The summed E-state index contributed by atoms with van der Waals surface area (Å²) in [5.74, 6) is -1.32. The monoisotopic (exact) mass is 372 g/mol. The summed E-state index contributed by atoms with van der Waals surface area (Å²) in [5, 5.41) is 3.38. The second-order valence-electron chi connectivity index (χ2n) is 4.48. The van der Waals surface area contributed by atoms with Crippen LogP contribution in [0.5, 0.6) is 0 Å². The van der Waals surface area contributed by atoms with Crippen LogP contribution in [0.4, 0.5) is 11.4 Å². The normalized spacial score (nSPS) is 10.2. The van der Waals surface area contributed by atoms with Gasteiger partial charge >= 0.3 is 5.97 Å². The first-order chi connectivity index (χ1) is 10.9. The molecule has 1 amide bonds. The van der Waals surface area contributed by atoms with Crippen LogP contribution in [0, 0.1) is 0 Å². The van der Waals surface area contributed by atoms with E-state index in [4.69, 9.17) is 45.3 Å². The van der Waals surface area contributed by atoms with Crippen molar-refractivity contribution in [1.82, 2.24) is 0 Å². The lowest BCUT2D eigenvalue weighted by molar-refractivity contribution is -0.119. The number of ether oxygens (including phenoxy) is 1. The molecule has 0 saturated heterocycles. The van der Waals surface area contributed by atoms with Gasteiger partial charge in [-0.15, -0.1) is 0 Å². The molecule has 0 aliphatic heterocycles. The molecular formula is C15H11Cl3N2O3. The number of hydrogen-bond acceptors (Lipinski definition) is 4. The Morgan fingerprint density at radius 3 is 2.52 bits per heavy atom.